The molecule has 0 atom stereocenters. The van der Waals surface area contributed by atoms with Crippen molar-refractivity contribution in [3.63, 3.8) is 0 Å². The third kappa shape index (κ3) is 4.91. The molecule has 174 valence electrons. The summed E-state index contributed by atoms with van der Waals surface area (Å²) < 4.78 is 20.2. The minimum Gasteiger partial charge on any atom is -0.451 e. The first-order valence-corrected chi connectivity index (χ1v) is 11.3. The molecule has 0 radical (unpaired) electrons. The van der Waals surface area contributed by atoms with Crippen LogP contribution in [-0.4, -0.2) is 59.5 Å². The number of nitrogens with zero attached hydrogens (tertiary/aromatic N) is 5. The second-order valence-electron chi connectivity index (χ2n) is 9.06. The van der Waals surface area contributed by atoms with Crippen LogP contribution in [0.25, 0.3) is 0 Å². The molecule has 0 bridgehead atoms. The molecule has 0 aliphatic carbocycles. The maximum atomic E-state index is 14.1. The Kier molecular flexibility index (Phi) is 6.75. The van der Waals surface area contributed by atoms with Crippen molar-refractivity contribution in [1.82, 2.24) is 20.2 Å². The van der Waals surface area contributed by atoms with Crippen LogP contribution in [0.4, 0.5) is 10.2 Å². The molecule has 2 aliphatic heterocycles. The van der Waals surface area contributed by atoms with Crippen LogP contribution in [0.3, 0.4) is 0 Å². The fourth-order valence-corrected chi connectivity index (χ4v) is 4.60. The smallest absolute Gasteiger partial charge is 0.258 e. The molecule has 2 fully saturated rings. The molecule has 4 rings (SSSR count). The van der Waals surface area contributed by atoms with Crippen LogP contribution < -0.4 is 15.0 Å². The first kappa shape index (κ1) is 22.9. The van der Waals surface area contributed by atoms with Gasteiger partial charge in [0.05, 0.1) is 24.3 Å². The van der Waals surface area contributed by atoms with Crippen LogP contribution in [0.2, 0.25) is 0 Å². The van der Waals surface area contributed by atoms with Crippen molar-refractivity contribution >= 4 is 11.7 Å². The largest absolute Gasteiger partial charge is 0.451 e. The highest BCUT2D eigenvalue weighted by Gasteiger charge is 2.44. The molecule has 0 unspecified atom stereocenters. The Labute approximate surface area is 193 Å². The Morgan fingerprint density at radius 1 is 1.33 bits per heavy atom. The van der Waals surface area contributed by atoms with E-state index < -0.39 is 5.82 Å². The van der Waals surface area contributed by atoms with Gasteiger partial charge in [0.2, 0.25) is 0 Å². The van der Waals surface area contributed by atoms with Gasteiger partial charge in [-0.25, -0.2) is 14.4 Å². The summed E-state index contributed by atoms with van der Waals surface area (Å²) in [4.78, 5) is 25.5. The van der Waals surface area contributed by atoms with Crippen molar-refractivity contribution in [3.05, 3.63) is 42.1 Å². The first-order chi connectivity index (χ1) is 15.9. The van der Waals surface area contributed by atoms with Crippen LogP contribution in [0, 0.1) is 22.6 Å². The Hall–Kier alpha value is -3.25. The molecule has 1 aromatic carbocycles. The zero-order valence-electron chi connectivity index (χ0n) is 19.1. The molecule has 2 aromatic rings. The number of nitrogens with one attached hydrogen (secondary N) is 1. The molecule has 3 heterocycles. The number of amides is 1. The number of piperidine rings is 1. The molecule has 1 N–H and O–H groups in total. The van der Waals surface area contributed by atoms with Crippen LogP contribution in [0.1, 0.15) is 43.5 Å². The number of rotatable bonds is 7. The van der Waals surface area contributed by atoms with Gasteiger partial charge in [0.1, 0.15) is 17.9 Å². The summed E-state index contributed by atoms with van der Waals surface area (Å²) in [7, 11) is 0. The van der Waals surface area contributed by atoms with Crippen LogP contribution in [0.15, 0.2) is 30.7 Å². The molecule has 2 aliphatic rings. The normalized spacial score (nSPS) is 16.9. The third-order valence-corrected chi connectivity index (χ3v) is 6.42. The van der Waals surface area contributed by atoms with E-state index in [-0.39, 0.29) is 36.2 Å². The van der Waals surface area contributed by atoms with Gasteiger partial charge < -0.3 is 19.9 Å². The number of benzene rings is 1. The molecule has 2 saturated heterocycles. The second kappa shape index (κ2) is 9.71. The SMILES string of the molecule is CC(C)N(CCC#N)C(=O)c1cc(F)ccc1Oc1cncnc1N1CC2(CCNCC2)C1. The molecule has 1 amide bonds. The summed E-state index contributed by atoms with van der Waals surface area (Å²) in [6.07, 6.45) is 5.51. The molecule has 9 heteroatoms. The van der Waals surface area contributed by atoms with E-state index in [0.29, 0.717) is 17.0 Å². The number of carbonyl (C=O) groups excluding carboxylic acids is 1. The lowest BCUT2D eigenvalue weighted by atomic mass is 9.72. The average Bonchev–Trinajstić information content (AvgIpc) is 2.79. The minimum atomic E-state index is -0.533. The van der Waals surface area contributed by atoms with Crippen molar-refractivity contribution in [3.8, 4) is 17.6 Å². The van der Waals surface area contributed by atoms with Gasteiger partial charge in [-0.2, -0.15) is 5.26 Å². The van der Waals surface area contributed by atoms with Gasteiger partial charge in [-0.1, -0.05) is 0 Å². The highest BCUT2D eigenvalue weighted by atomic mass is 19.1. The zero-order chi connectivity index (χ0) is 23.4. The Morgan fingerprint density at radius 2 is 2.09 bits per heavy atom. The topological polar surface area (TPSA) is 94.4 Å². The van der Waals surface area contributed by atoms with E-state index in [2.05, 4.69) is 26.3 Å². The number of ether oxygens (including phenoxy) is 1. The summed E-state index contributed by atoms with van der Waals surface area (Å²) in [6, 6.07) is 5.79. The fraction of sp³-hybridized carbons (Fsp3) is 0.500. The summed E-state index contributed by atoms with van der Waals surface area (Å²) in [5.41, 5.74) is 0.415. The highest BCUT2D eigenvalue weighted by molar-refractivity contribution is 5.97. The lowest BCUT2D eigenvalue weighted by Gasteiger charge is -2.53. The van der Waals surface area contributed by atoms with Crippen molar-refractivity contribution in [2.45, 2.75) is 39.2 Å². The van der Waals surface area contributed by atoms with E-state index in [4.69, 9.17) is 10.00 Å². The second-order valence-corrected chi connectivity index (χ2v) is 9.06. The van der Waals surface area contributed by atoms with E-state index in [1.807, 2.05) is 13.8 Å². The van der Waals surface area contributed by atoms with Gasteiger partial charge in [0, 0.05) is 31.1 Å². The lowest BCUT2D eigenvalue weighted by Crippen LogP contribution is -2.60. The number of hydrogen-bond acceptors (Lipinski definition) is 7. The minimum absolute atomic E-state index is 0.106. The quantitative estimate of drug-likeness (QED) is 0.688. The Morgan fingerprint density at radius 3 is 2.79 bits per heavy atom. The molecule has 1 spiro atoms. The van der Waals surface area contributed by atoms with E-state index in [9.17, 15) is 9.18 Å². The number of halogens is 1. The maximum absolute atomic E-state index is 14.1. The summed E-state index contributed by atoms with van der Waals surface area (Å²) >= 11 is 0. The van der Waals surface area contributed by atoms with Gasteiger partial charge in [-0.3, -0.25) is 4.79 Å². The van der Waals surface area contributed by atoms with Crippen molar-refractivity contribution in [2.75, 3.05) is 37.6 Å². The Balaban J connectivity index is 1.58. The molecule has 1 aromatic heterocycles. The van der Waals surface area contributed by atoms with Crippen LogP contribution >= 0.6 is 0 Å². The standard InChI is InChI=1S/C24H29FN6O2/c1-17(2)31(11-3-8-26)23(32)19-12-18(25)4-5-20(19)33-21-13-28-16-29-22(21)30-14-24(15-30)6-9-27-10-7-24/h4-5,12-13,16-17,27H,3,6-7,9-11,14-15H2,1-2H3. The summed E-state index contributed by atoms with van der Waals surface area (Å²) in [6.45, 7) is 7.82. The van der Waals surface area contributed by atoms with E-state index in [1.165, 1.54) is 24.5 Å². The fourth-order valence-electron chi connectivity index (χ4n) is 4.60. The van der Waals surface area contributed by atoms with E-state index in [0.717, 1.165) is 39.0 Å². The van der Waals surface area contributed by atoms with Gasteiger partial charge in [-0.05, 0) is 58.0 Å². The predicted molar refractivity (Wildman–Crippen MR) is 122 cm³/mol. The van der Waals surface area contributed by atoms with Gasteiger partial charge >= 0.3 is 0 Å². The average molecular weight is 453 g/mol. The summed E-state index contributed by atoms with van der Waals surface area (Å²) in [5.74, 6) is 0.412. The van der Waals surface area contributed by atoms with E-state index in [1.54, 1.807) is 11.1 Å². The first-order valence-electron chi connectivity index (χ1n) is 11.3. The van der Waals surface area contributed by atoms with Crippen LogP contribution in [0.5, 0.6) is 11.5 Å². The van der Waals surface area contributed by atoms with Gasteiger partial charge in [0.15, 0.2) is 11.6 Å². The van der Waals surface area contributed by atoms with E-state index >= 15 is 0 Å². The van der Waals surface area contributed by atoms with Crippen LogP contribution in [-0.2, 0) is 0 Å². The zero-order valence-corrected chi connectivity index (χ0v) is 19.1. The molecule has 0 saturated carbocycles. The van der Waals surface area contributed by atoms with Crippen molar-refractivity contribution in [1.29, 1.82) is 5.26 Å². The van der Waals surface area contributed by atoms with Crippen molar-refractivity contribution < 1.29 is 13.9 Å². The molecule has 8 nitrogen and oxygen atoms in total. The molecular weight excluding hydrogens is 423 g/mol. The monoisotopic (exact) mass is 452 g/mol. The summed E-state index contributed by atoms with van der Waals surface area (Å²) in [5, 5.41) is 12.4. The molecular formula is C24H29FN6O2. The number of hydrogen-bond donors (Lipinski definition) is 1. The lowest BCUT2D eigenvalue weighted by molar-refractivity contribution is 0.0707. The number of aromatic nitrogens is 2. The van der Waals surface area contributed by atoms with Gasteiger partial charge in [-0.15, -0.1) is 0 Å². The maximum Gasteiger partial charge on any atom is 0.258 e. The predicted octanol–water partition coefficient (Wildman–Crippen LogP) is 3.36. The highest BCUT2D eigenvalue weighted by Crippen LogP contribution is 2.43. The van der Waals surface area contributed by atoms with Gasteiger partial charge in [0.25, 0.3) is 5.91 Å². The number of anilines is 1. The Bertz CT molecular complexity index is 1040. The molecule has 33 heavy (non-hydrogen) atoms. The number of nitriles is 1. The number of carbonyl (C=O) groups is 1. The third-order valence-electron chi connectivity index (χ3n) is 6.42. The van der Waals surface area contributed by atoms with Crippen molar-refractivity contribution in [2.24, 2.45) is 5.41 Å².